The van der Waals surface area contributed by atoms with Crippen molar-refractivity contribution in [2.24, 2.45) is 5.92 Å². The van der Waals surface area contributed by atoms with Gasteiger partial charge in [-0.25, -0.2) is 0 Å². The minimum atomic E-state index is -5.03. The number of hydrogen-bond acceptors (Lipinski definition) is 3. The molecule has 6 heteroatoms. The molecule has 0 saturated carbocycles. The van der Waals surface area contributed by atoms with Gasteiger partial charge in [0.05, 0.1) is 5.92 Å². The lowest BCUT2D eigenvalue weighted by Gasteiger charge is -2.09. The van der Waals surface area contributed by atoms with Gasteiger partial charge in [0.25, 0.3) is 0 Å². The van der Waals surface area contributed by atoms with E-state index < -0.39 is 23.7 Å². The van der Waals surface area contributed by atoms with Crippen LogP contribution in [0.25, 0.3) is 11.0 Å². The molecule has 1 heterocycles. The topological polar surface area (TPSA) is 47.3 Å². The van der Waals surface area contributed by atoms with Crippen LogP contribution in [-0.2, 0) is 4.79 Å². The second kappa shape index (κ2) is 4.53. The van der Waals surface area contributed by atoms with Crippen LogP contribution in [0.4, 0.5) is 13.2 Å². The van der Waals surface area contributed by atoms with Crippen molar-refractivity contribution in [1.29, 1.82) is 0 Å². The van der Waals surface area contributed by atoms with Crippen LogP contribution in [0.1, 0.15) is 17.5 Å². The average molecular weight is 270 g/mol. The fraction of sp³-hybridized carbons (Fsp3) is 0.231. The van der Waals surface area contributed by atoms with E-state index in [0.29, 0.717) is 11.0 Å². The molecule has 0 radical (unpaired) electrons. The average Bonchev–Trinajstić information content (AvgIpc) is 2.78. The molecule has 1 unspecified atom stereocenters. The number of carbonyl (C=O) groups excluding carboxylic acids is 2. The predicted octanol–water partition coefficient (Wildman–Crippen LogP) is 3.38. The molecule has 0 aliphatic rings. The lowest BCUT2D eigenvalue weighted by atomic mass is 9.99. The highest BCUT2D eigenvalue weighted by Crippen LogP contribution is 2.25. The summed E-state index contributed by atoms with van der Waals surface area (Å²) in [7, 11) is 0. The number of rotatable bonds is 3. The summed E-state index contributed by atoms with van der Waals surface area (Å²) in [6, 6.07) is 7.95. The van der Waals surface area contributed by atoms with Crippen molar-refractivity contribution in [3.05, 3.63) is 36.1 Å². The fourth-order valence-corrected chi connectivity index (χ4v) is 1.68. The SMILES string of the molecule is CC(C(=O)c1cc2ccccc2o1)C(=O)C(F)(F)F. The van der Waals surface area contributed by atoms with Gasteiger partial charge in [-0.15, -0.1) is 0 Å². The highest BCUT2D eigenvalue weighted by atomic mass is 19.4. The van der Waals surface area contributed by atoms with Crippen LogP contribution in [0.5, 0.6) is 0 Å². The zero-order chi connectivity index (χ0) is 14.2. The summed E-state index contributed by atoms with van der Waals surface area (Å²) < 4.78 is 41.9. The lowest BCUT2D eigenvalue weighted by molar-refractivity contribution is -0.173. The summed E-state index contributed by atoms with van der Waals surface area (Å²) >= 11 is 0. The highest BCUT2D eigenvalue weighted by molar-refractivity contribution is 6.11. The Kier molecular flexibility index (Phi) is 3.18. The lowest BCUT2D eigenvalue weighted by Crippen LogP contribution is -2.33. The first-order valence-corrected chi connectivity index (χ1v) is 5.44. The van der Waals surface area contributed by atoms with Crippen molar-refractivity contribution in [3.8, 4) is 0 Å². The third-order valence-electron chi connectivity index (χ3n) is 2.73. The third kappa shape index (κ3) is 2.52. The van der Waals surface area contributed by atoms with Crippen molar-refractivity contribution < 1.29 is 27.2 Å². The minimum Gasteiger partial charge on any atom is -0.453 e. The Hall–Kier alpha value is -2.11. The zero-order valence-electron chi connectivity index (χ0n) is 9.82. The molecule has 0 amide bonds. The van der Waals surface area contributed by atoms with Crippen LogP contribution in [0.2, 0.25) is 0 Å². The van der Waals surface area contributed by atoms with Crippen LogP contribution in [-0.4, -0.2) is 17.7 Å². The van der Waals surface area contributed by atoms with Crippen molar-refractivity contribution >= 4 is 22.5 Å². The van der Waals surface area contributed by atoms with Crippen LogP contribution >= 0.6 is 0 Å². The standard InChI is InChI=1S/C13H9F3O3/c1-7(12(18)13(14,15)16)11(17)10-6-8-4-2-3-5-9(8)19-10/h2-7H,1H3. The molecule has 1 aromatic carbocycles. The van der Waals surface area contributed by atoms with Gasteiger partial charge in [0.15, 0.2) is 5.76 Å². The minimum absolute atomic E-state index is 0.244. The molecule has 1 atom stereocenters. The van der Waals surface area contributed by atoms with E-state index in [1.54, 1.807) is 24.3 Å². The molecule has 0 aliphatic carbocycles. The number of furan rings is 1. The Labute approximate surface area is 106 Å². The van der Waals surface area contributed by atoms with Gasteiger partial charge in [-0.1, -0.05) is 18.2 Å². The van der Waals surface area contributed by atoms with Crippen LogP contribution in [0.15, 0.2) is 34.7 Å². The largest absolute Gasteiger partial charge is 0.453 e. The third-order valence-corrected chi connectivity index (χ3v) is 2.73. The molecular formula is C13H9F3O3. The van der Waals surface area contributed by atoms with Crippen LogP contribution < -0.4 is 0 Å². The molecule has 2 rings (SSSR count). The molecular weight excluding hydrogens is 261 g/mol. The van der Waals surface area contributed by atoms with Gasteiger partial charge in [0.2, 0.25) is 11.6 Å². The highest BCUT2D eigenvalue weighted by Gasteiger charge is 2.44. The fourth-order valence-electron chi connectivity index (χ4n) is 1.68. The van der Waals surface area contributed by atoms with Gasteiger partial charge in [0, 0.05) is 5.39 Å². The summed E-state index contributed by atoms with van der Waals surface area (Å²) in [4.78, 5) is 22.8. The second-order valence-electron chi connectivity index (χ2n) is 4.10. The van der Waals surface area contributed by atoms with E-state index in [-0.39, 0.29) is 5.76 Å². The number of para-hydroxylation sites is 1. The normalized spacial score (nSPS) is 13.5. The van der Waals surface area contributed by atoms with Crippen molar-refractivity contribution in [2.75, 3.05) is 0 Å². The molecule has 0 aliphatic heterocycles. The molecule has 3 nitrogen and oxygen atoms in total. The van der Waals surface area contributed by atoms with E-state index in [9.17, 15) is 22.8 Å². The first-order valence-electron chi connectivity index (χ1n) is 5.44. The molecule has 2 aromatic rings. The summed E-state index contributed by atoms with van der Waals surface area (Å²) in [5.41, 5.74) is 0.387. The van der Waals surface area contributed by atoms with E-state index in [0.717, 1.165) is 6.92 Å². The Balaban J connectivity index is 2.31. The van der Waals surface area contributed by atoms with Gasteiger partial charge < -0.3 is 4.42 Å². The van der Waals surface area contributed by atoms with Gasteiger partial charge in [-0.2, -0.15) is 13.2 Å². The van der Waals surface area contributed by atoms with Gasteiger partial charge in [0.1, 0.15) is 5.58 Å². The Bertz CT molecular complexity index is 607. The number of alkyl halides is 3. The molecule has 0 saturated heterocycles. The summed E-state index contributed by atoms with van der Waals surface area (Å²) in [5.74, 6) is -5.09. The van der Waals surface area contributed by atoms with E-state index >= 15 is 0 Å². The van der Waals surface area contributed by atoms with Gasteiger partial charge in [-0.3, -0.25) is 9.59 Å². The maximum absolute atomic E-state index is 12.2. The maximum atomic E-state index is 12.2. The molecule has 0 spiro atoms. The first kappa shape index (κ1) is 13.3. The van der Waals surface area contributed by atoms with E-state index in [2.05, 4.69) is 0 Å². The molecule has 19 heavy (non-hydrogen) atoms. The quantitative estimate of drug-likeness (QED) is 0.634. The summed E-state index contributed by atoms with van der Waals surface area (Å²) in [5, 5.41) is 0.595. The Morgan fingerprint density at radius 3 is 2.42 bits per heavy atom. The molecule has 0 N–H and O–H groups in total. The molecule has 1 aromatic heterocycles. The zero-order valence-corrected chi connectivity index (χ0v) is 9.82. The van der Waals surface area contributed by atoms with Gasteiger partial charge in [-0.05, 0) is 19.1 Å². The van der Waals surface area contributed by atoms with Gasteiger partial charge >= 0.3 is 6.18 Å². The smallest absolute Gasteiger partial charge is 0.450 e. The summed E-state index contributed by atoms with van der Waals surface area (Å²) in [6.45, 7) is 0.922. The second-order valence-corrected chi connectivity index (χ2v) is 4.10. The predicted molar refractivity (Wildman–Crippen MR) is 60.8 cm³/mol. The first-order chi connectivity index (χ1) is 8.80. The summed E-state index contributed by atoms with van der Waals surface area (Å²) in [6.07, 6.45) is -5.03. The monoisotopic (exact) mass is 270 g/mol. The number of ketones is 2. The van der Waals surface area contributed by atoms with Crippen molar-refractivity contribution in [1.82, 2.24) is 0 Å². The molecule has 0 bridgehead atoms. The number of halogens is 3. The molecule has 100 valence electrons. The number of Topliss-reactive ketones (excluding diaryl/α,β-unsaturated/α-hetero) is 2. The van der Waals surface area contributed by atoms with E-state index in [4.69, 9.17) is 4.42 Å². The Morgan fingerprint density at radius 2 is 1.84 bits per heavy atom. The Morgan fingerprint density at radius 1 is 1.21 bits per heavy atom. The number of carbonyl (C=O) groups is 2. The van der Waals surface area contributed by atoms with Crippen molar-refractivity contribution in [3.63, 3.8) is 0 Å². The van der Waals surface area contributed by atoms with Crippen molar-refractivity contribution in [2.45, 2.75) is 13.1 Å². The number of hydrogen-bond donors (Lipinski definition) is 0. The van der Waals surface area contributed by atoms with E-state index in [1.165, 1.54) is 6.07 Å². The van der Waals surface area contributed by atoms with Crippen LogP contribution in [0, 0.1) is 5.92 Å². The maximum Gasteiger partial charge on any atom is 0.450 e. The number of benzene rings is 1. The molecule has 0 fully saturated rings. The van der Waals surface area contributed by atoms with Crippen LogP contribution in [0.3, 0.4) is 0 Å². The number of fused-ring (bicyclic) bond motifs is 1. The van der Waals surface area contributed by atoms with E-state index in [1.807, 2.05) is 0 Å².